The minimum Gasteiger partial charge on any atom is -0.338 e. The van der Waals surface area contributed by atoms with Gasteiger partial charge < -0.3 is 9.47 Å². The van der Waals surface area contributed by atoms with E-state index in [1.165, 1.54) is 0 Å². The molecule has 0 bridgehead atoms. The number of aromatic nitrogens is 3. The summed E-state index contributed by atoms with van der Waals surface area (Å²) >= 11 is 0. The summed E-state index contributed by atoms with van der Waals surface area (Å²) in [6.45, 7) is 8.01. The lowest BCUT2D eigenvalue weighted by molar-refractivity contribution is 0.0285. The predicted molar refractivity (Wildman–Crippen MR) is 96.7 cm³/mol. The minimum atomic E-state index is 0.0822. The summed E-state index contributed by atoms with van der Waals surface area (Å²) in [5.41, 5.74) is 0.0822. The number of hydrogen-bond acceptors (Lipinski definition) is 6. The monoisotopic (exact) mass is 340 g/mol. The van der Waals surface area contributed by atoms with Crippen molar-refractivity contribution in [1.82, 2.24) is 24.3 Å². The van der Waals surface area contributed by atoms with Crippen LogP contribution in [0, 0.1) is 0 Å². The number of hydrogen-bond donors (Lipinski definition) is 0. The lowest BCUT2D eigenvalue weighted by Crippen LogP contribution is -2.63. The molecule has 0 atom stereocenters. The fourth-order valence-corrected chi connectivity index (χ4v) is 3.59. The van der Waals surface area contributed by atoms with E-state index in [1.807, 2.05) is 18.3 Å². The van der Waals surface area contributed by atoms with Crippen LogP contribution in [0.5, 0.6) is 0 Å². The zero-order chi connectivity index (χ0) is 17.1. The number of likely N-dealkylation sites (tertiary alicyclic amines) is 1. The van der Waals surface area contributed by atoms with E-state index in [4.69, 9.17) is 0 Å². The van der Waals surface area contributed by atoms with Crippen molar-refractivity contribution in [2.75, 3.05) is 50.7 Å². The van der Waals surface area contributed by atoms with E-state index in [0.717, 1.165) is 58.3 Å². The van der Waals surface area contributed by atoms with Gasteiger partial charge in [-0.25, -0.2) is 9.97 Å². The van der Waals surface area contributed by atoms with Gasteiger partial charge in [-0.2, -0.15) is 0 Å². The molecule has 2 saturated heterocycles. The Morgan fingerprint density at radius 2 is 1.72 bits per heavy atom. The average Bonchev–Trinajstić information content (AvgIpc) is 2.63. The highest BCUT2D eigenvalue weighted by Crippen LogP contribution is 2.18. The van der Waals surface area contributed by atoms with Crippen molar-refractivity contribution in [2.24, 2.45) is 0 Å². The molecule has 0 spiro atoms. The molecule has 7 heteroatoms. The van der Waals surface area contributed by atoms with Crippen molar-refractivity contribution < 1.29 is 0 Å². The van der Waals surface area contributed by atoms with Gasteiger partial charge in [0.05, 0.1) is 0 Å². The normalized spacial score (nSPS) is 19.8. The number of anilines is 1. The van der Waals surface area contributed by atoms with E-state index in [2.05, 4.69) is 24.7 Å². The summed E-state index contributed by atoms with van der Waals surface area (Å²) in [6, 6.07) is 7.82. The molecule has 0 radical (unpaired) electrons. The van der Waals surface area contributed by atoms with Gasteiger partial charge in [-0.05, 0) is 12.1 Å². The molecule has 4 heterocycles. The summed E-state index contributed by atoms with van der Waals surface area (Å²) in [5.74, 6) is 0.839. The first kappa shape index (κ1) is 16.2. The molecule has 7 nitrogen and oxygen atoms in total. The van der Waals surface area contributed by atoms with E-state index in [9.17, 15) is 4.79 Å². The molecule has 0 aromatic carbocycles. The summed E-state index contributed by atoms with van der Waals surface area (Å²) < 4.78 is 1.78. The van der Waals surface area contributed by atoms with Gasteiger partial charge in [-0.3, -0.25) is 14.6 Å². The van der Waals surface area contributed by atoms with Crippen LogP contribution in [-0.4, -0.2) is 76.2 Å². The van der Waals surface area contributed by atoms with Crippen molar-refractivity contribution >= 4 is 5.95 Å². The standard InChI is InChI=1S/C18H24N6O/c25-17-4-1-2-7-23(17)9-8-21-14-16(15-21)22-10-12-24(13-11-22)18-19-5-3-6-20-18/h1-7,16H,8-15H2. The maximum Gasteiger partial charge on any atom is 0.250 e. The highest BCUT2D eigenvalue weighted by Gasteiger charge is 2.33. The fraction of sp³-hybridized carbons (Fsp3) is 0.500. The van der Waals surface area contributed by atoms with Crippen molar-refractivity contribution in [3.8, 4) is 0 Å². The third-order valence-corrected chi connectivity index (χ3v) is 5.16. The molecule has 2 aliphatic rings. The van der Waals surface area contributed by atoms with E-state index < -0.39 is 0 Å². The van der Waals surface area contributed by atoms with Gasteiger partial charge in [0.2, 0.25) is 5.95 Å². The zero-order valence-electron chi connectivity index (χ0n) is 14.4. The molecule has 132 valence electrons. The largest absolute Gasteiger partial charge is 0.338 e. The topological polar surface area (TPSA) is 57.5 Å². The van der Waals surface area contributed by atoms with E-state index >= 15 is 0 Å². The maximum atomic E-state index is 11.7. The first-order valence-electron chi connectivity index (χ1n) is 8.93. The van der Waals surface area contributed by atoms with Crippen LogP contribution in [0.15, 0.2) is 47.7 Å². The third-order valence-electron chi connectivity index (χ3n) is 5.16. The molecule has 0 saturated carbocycles. The second-order valence-electron chi connectivity index (χ2n) is 6.72. The van der Waals surface area contributed by atoms with Gasteiger partial charge in [-0.15, -0.1) is 0 Å². The van der Waals surface area contributed by atoms with Crippen molar-refractivity contribution in [2.45, 2.75) is 12.6 Å². The van der Waals surface area contributed by atoms with Crippen molar-refractivity contribution in [3.05, 3.63) is 53.2 Å². The van der Waals surface area contributed by atoms with Gasteiger partial charge in [0.15, 0.2) is 0 Å². The quantitative estimate of drug-likeness (QED) is 0.772. The lowest BCUT2D eigenvalue weighted by Gasteiger charge is -2.48. The Bertz CT molecular complexity index is 734. The van der Waals surface area contributed by atoms with Crippen LogP contribution in [0.1, 0.15) is 0 Å². The minimum absolute atomic E-state index is 0.0822. The Balaban J connectivity index is 1.20. The Morgan fingerprint density at radius 3 is 2.44 bits per heavy atom. The summed E-state index contributed by atoms with van der Waals surface area (Å²) in [7, 11) is 0. The number of piperazine rings is 1. The molecule has 2 aliphatic heterocycles. The second-order valence-corrected chi connectivity index (χ2v) is 6.72. The van der Waals surface area contributed by atoms with Gasteiger partial charge in [0.25, 0.3) is 5.56 Å². The van der Waals surface area contributed by atoms with E-state index in [1.54, 1.807) is 29.1 Å². The second kappa shape index (κ2) is 7.33. The molecule has 0 aliphatic carbocycles. The van der Waals surface area contributed by atoms with Gasteiger partial charge in [0.1, 0.15) is 0 Å². The van der Waals surface area contributed by atoms with Crippen LogP contribution >= 0.6 is 0 Å². The van der Waals surface area contributed by atoms with Gasteiger partial charge >= 0.3 is 0 Å². The van der Waals surface area contributed by atoms with Crippen LogP contribution < -0.4 is 10.5 Å². The highest BCUT2D eigenvalue weighted by molar-refractivity contribution is 5.29. The fourth-order valence-electron chi connectivity index (χ4n) is 3.59. The molecular formula is C18H24N6O. The summed E-state index contributed by atoms with van der Waals surface area (Å²) in [5, 5.41) is 0. The Labute approximate surface area is 147 Å². The molecule has 2 fully saturated rings. The summed E-state index contributed by atoms with van der Waals surface area (Å²) in [4.78, 5) is 27.7. The molecule has 25 heavy (non-hydrogen) atoms. The smallest absolute Gasteiger partial charge is 0.250 e. The van der Waals surface area contributed by atoms with Crippen molar-refractivity contribution in [3.63, 3.8) is 0 Å². The van der Waals surface area contributed by atoms with Gasteiger partial charge in [0, 0.05) is 83.1 Å². The number of nitrogens with zero attached hydrogens (tertiary/aromatic N) is 6. The molecule has 2 aromatic heterocycles. The maximum absolute atomic E-state index is 11.7. The molecule has 4 rings (SSSR count). The molecule has 0 N–H and O–H groups in total. The molecular weight excluding hydrogens is 316 g/mol. The first-order valence-corrected chi connectivity index (χ1v) is 8.93. The average molecular weight is 340 g/mol. The number of rotatable bonds is 5. The predicted octanol–water partition coefficient (Wildman–Crippen LogP) is 0.145. The van der Waals surface area contributed by atoms with Crippen LogP contribution in [0.25, 0.3) is 0 Å². The first-order chi connectivity index (χ1) is 12.3. The summed E-state index contributed by atoms with van der Waals surface area (Å²) in [6.07, 6.45) is 5.47. The van der Waals surface area contributed by atoms with E-state index in [0.29, 0.717) is 6.04 Å². The van der Waals surface area contributed by atoms with Crippen molar-refractivity contribution in [1.29, 1.82) is 0 Å². The Morgan fingerprint density at radius 1 is 0.960 bits per heavy atom. The Kier molecular flexibility index (Phi) is 4.76. The van der Waals surface area contributed by atoms with Gasteiger partial charge in [-0.1, -0.05) is 6.07 Å². The Hall–Kier alpha value is -2.25. The molecule has 0 unspecified atom stereocenters. The third kappa shape index (κ3) is 3.72. The van der Waals surface area contributed by atoms with Crippen LogP contribution in [-0.2, 0) is 6.54 Å². The van der Waals surface area contributed by atoms with Crippen LogP contribution in [0.2, 0.25) is 0 Å². The lowest BCUT2D eigenvalue weighted by atomic mass is 10.1. The van der Waals surface area contributed by atoms with Crippen LogP contribution in [0.4, 0.5) is 5.95 Å². The number of pyridine rings is 1. The SMILES string of the molecule is O=c1ccccn1CCN1CC(N2CCN(c3ncccn3)CC2)C1. The molecule has 2 aromatic rings. The zero-order valence-corrected chi connectivity index (χ0v) is 14.4. The molecule has 0 amide bonds. The van der Waals surface area contributed by atoms with Crippen LogP contribution in [0.3, 0.4) is 0 Å². The highest BCUT2D eigenvalue weighted by atomic mass is 16.1. The van der Waals surface area contributed by atoms with E-state index in [-0.39, 0.29) is 5.56 Å².